The molecule has 0 radical (unpaired) electrons. The van der Waals surface area contributed by atoms with E-state index in [2.05, 4.69) is 130 Å². The SMILES string of the molecule is COC(=O)c1ccc(-c2c3nc(c(-c4c(C)cc(C)cc4C)c4ccc([nH]4)c(-c4ccc(NC(C)=O)cc4)c4nc(c(-c5c(C)cc(C)cc5C)c5ccc2[nH]5)C=C4)C=C3)cc1. The molecule has 0 spiro atoms. The lowest BCUT2D eigenvalue weighted by Crippen LogP contribution is -2.05. The quantitative estimate of drug-likeness (QED) is 0.145. The van der Waals surface area contributed by atoms with Gasteiger partial charge in [0.1, 0.15) is 0 Å². The molecule has 2 aliphatic heterocycles. The van der Waals surface area contributed by atoms with Gasteiger partial charge >= 0.3 is 5.97 Å². The molecule has 2 aliphatic rings. The highest BCUT2D eigenvalue weighted by atomic mass is 16.5. The molecule has 306 valence electrons. The van der Waals surface area contributed by atoms with Crippen LogP contribution in [0.15, 0.2) is 97.1 Å². The molecule has 9 rings (SSSR count). The summed E-state index contributed by atoms with van der Waals surface area (Å²) in [5.74, 6) is -0.519. The number of carbonyl (C=O) groups excluding carboxylic acids is 2. The Balaban J connectivity index is 1.46. The van der Waals surface area contributed by atoms with Gasteiger partial charge in [-0.1, -0.05) is 59.7 Å². The summed E-state index contributed by atoms with van der Waals surface area (Å²) in [6, 6.07) is 32.8. The number of nitrogens with one attached hydrogen (secondary N) is 3. The van der Waals surface area contributed by atoms with Gasteiger partial charge in [0, 0.05) is 56.9 Å². The van der Waals surface area contributed by atoms with Crippen molar-refractivity contribution < 1.29 is 14.3 Å². The number of nitrogens with zero attached hydrogens (tertiary/aromatic N) is 2. The first-order valence-corrected chi connectivity index (χ1v) is 20.8. The Labute approximate surface area is 361 Å². The second-order valence-electron chi connectivity index (χ2n) is 16.4. The lowest BCUT2D eigenvalue weighted by molar-refractivity contribution is -0.114. The molecule has 0 fully saturated rings. The van der Waals surface area contributed by atoms with Gasteiger partial charge in [-0.3, -0.25) is 4.79 Å². The predicted octanol–water partition coefficient (Wildman–Crippen LogP) is 12.9. The minimum Gasteiger partial charge on any atom is -0.465 e. The topological polar surface area (TPSA) is 113 Å². The highest BCUT2D eigenvalue weighted by Gasteiger charge is 2.22. The number of amides is 1. The van der Waals surface area contributed by atoms with Gasteiger partial charge < -0.3 is 20.0 Å². The molecule has 3 N–H and O–H groups in total. The summed E-state index contributed by atoms with van der Waals surface area (Å²) in [6.45, 7) is 14.4. The molecule has 8 heteroatoms. The maximum absolute atomic E-state index is 12.5. The van der Waals surface area contributed by atoms with Crippen LogP contribution in [0.2, 0.25) is 0 Å². The van der Waals surface area contributed by atoms with E-state index < -0.39 is 5.97 Å². The average molecular weight is 814 g/mol. The number of benzene rings is 4. The summed E-state index contributed by atoms with van der Waals surface area (Å²) < 4.78 is 5.04. The number of aryl methyl sites for hydroxylation is 6. The molecule has 0 atom stereocenters. The first-order valence-electron chi connectivity index (χ1n) is 20.8. The maximum atomic E-state index is 12.5. The van der Waals surface area contributed by atoms with Crippen LogP contribution in [0.3, 0.4) is 0 Å². The number of aromatic nitrogens is 4. The van der Waals surface area contributed by atoms with Crippen molar-refractivity contribution in [3.63, 3.8) is 0 Å². The molecule has 0 saturated carbocycles. The molecule has 8 bridgehead atoms. The summed E-state index contributed by atoms with van der Waals surface area (Å²) >= 11 is 0. The van der Waals surface area contributed by atoms with Crippen LogP contribution in [0, 0.1) is 41.5 Å². The average Bonchev–Trinajstić information content (AvgIpc) is 4.08. The first kappa shape index (κ1) is 39.9. The Morgan fingerprint density at radius 2 is 0.839 bits per heavy atom. The second-order valence-corrected chi connectivity index (χ2v) is 16.4. The number of ether oxygens (including phenoxy) is 1. The fraction of sp³-hybridized carbons (Fsp3) is 0.148. The molecular weight excluding hydrogens is 767 g/mol. The number of carbonyl (C=O) groups is 2. The van der Waals surface area contributed by atoms with Crippen molar-refractivity contribution in [2.45, 2.75) is 48.5 Å². The molecule has 5 heterocycles. The van der Waals surface area contributed by atoms with Crippen LogP contribution >= 0.6 is 0 Å². The molecule has 0 aliphatic carbocycles. The van der Waals surface area contributed by atoms with E-state index in [1.807, 2.05) is 36.4 Å². The van der Waals surface area contributed by atoms with Crippen LogP contribution in [-0.2, 0) is 9.53 Å². The number of hydrogen-bond donors (Lipinski definition) is 3. The van der Waals surface area contributed by atoms with Crippen LogP contribution < -0.4 is 5.32 Å². The van der Waals surface area contributed by atoms with Gasteiger partial charge in [-0.15, -0.1) is 0 Å². The van der Waals surface area contributed by atoms with Crippen molar-refractivity contribution in [1.29, 1.82) is 0 Å². The van der Waals surface area contributed by atoms with Gasteiger partial charge in [0.15, 0.2) is 0 Å². The van der Waals surface area contributed by atoms with E-state index in [9.17, 15) is 9.59 Å². The molecule has 62 heavy (non-hydrogen) atoms. The number of methoxy groups -OCH3 is 1. The molecule has 4 aromatic carbocycles. The number of esters is 1. The zero-order chi connectivity index (χ0) is 43.4. The van der Waals surface area contributed by atoms with E-state index in [-0.39, 0.29) is 5.91 Å². The number of anilines is 1. The summed E-state index contributed by atoms with van der Waals surface area (Å²) in [4.78, 5) is 43.2. The predicted molar refractivity (Wildman–Crippen MR) is 255 cm³/mol. The fourth-order valence-electron chi connectivity index (χ4n) is 9.30. The van der Waals surface area contributed by atoms with Crippen molar-refractivity contribution in [2.75, 3.05) is 12.4 Å². The zero-order valence-corrected chi connectivity index (χ0v) is 36.2. The third-order valence-electron chi connectivity index (χ3n) is 11.7. The van der Waals surface area contributed by atoms with Gasteiger partial charge in [0.05, 0.1) is 35.4 Å². The molecule has 0 saturated heterocycles. The highest BCUT2D eigenvalue weighted by Crippen LogP contribution is 2.41. The molecule has 1 amide bonds. The lowest BCUT2D eigenvalue weighted by atomic mass is 9.92. The standard InChI is InChI=1S/C54H47N5O3/c1-29-25-31(3)48(32(4)26-29)52-44-21-17-40(56-44)50(36-9-11-38(12-10-36)54(61)62-8)41-18-22-45(57-41)53(49-33(5)27-30(2)28-34(49)6)47-24-20-43(59-47)51(42-19-23-46(52)58-42)37-13-15-39(16-14-37)55-35(7)60/h9-28,56,59H,1-8H3,(H,55,60). The van der Waals surface area contributed by atoms with Gasteiger partial charge in [-0.25, -0.2) is 14.8 Å². The van der Waals surface area contributed by atoms with Gasteiger partial charge in [0.25, 0.3) is 0 Å². The van der Waals surface area contributed by atoms with E-state index in [0.29, 0.717) is 5.56 Å². The van der Waals surface area contributed by atoms with Crippen molar-refractivity contribution >= 4 is 63.9 Å². The van der Waals surface area contributed by atoms with E-state index >= 15 is 0 Å². The van der Waals surface area contributed by atoms with E-state index in [1.54, 1.807) is 12.1 Å². The van der Waals surface area contributed by atoms with Crippen LogP contribution in [0.1, 0.15) is 73.4 Å². The van der Waals surface area contributed by atoms with E-state index in [1.165, 1.54) is 25.2 Å². The van der Waals surface area contributed by atoms with Crippen molar-refractivity contribution in [1.82, 2.24) is 19.9 Å². The van der Waals surface area contributed by atoms with E-state index in [4.69, 9.17) is 14.7 Å². The van der Waals surface area contributed by atoms with Crippen LogP contribution in [0.5, 0.6) is 0 Å². The van der Waals surface area contributed by atoms with Crippen molar-refractivity contribution in [2.24, 2.45) is 0 Å². The third kappa shape index (κ3) is 7.23. The minimum atomic E-state index is -0.393. The van der Waals surface area contributed by atoms with Crippen molar-refractivity contribution in [3.05, 3.63) is 159 Å². The summed E-state index contributed by atoms with van der Waals surface area (Å²) in [6.07, 6.45) is 8.38. The third-order valence-corrected chi connectivity index (χ3v) is 11.7. The number of fused-ring (bicyclic) bond motifs is 8. The normalized spacial score (nSPS) is 11.9. The Kier molecular flexibility index (Phi) is 10.2. The van der Waals surface area contributed by atoms with Crippen LogP contribution in [-0.4, -0.2) is 38.9 Å². The first-order chi connectivity index (χ1) is 29.9. The molecule has 8 nitrogen and oxygen atoms in total. The highest BCUT2D eigenvalue weighted by molar-refractivity contribution is 6.01. The summed E-state index contributed by atoms with van der Waals surface area (Å²) in [5.41, 5.74) is 22.8. The fourth-order valence-corrected chi connectivity index (χ4v) is 9.30. The van der Waals surface area contributed by atoms with Gasteiger partial charge in [0.2, 0.25) is 5.91 Å². The van der Waals surface area contributed by atoms with E-state index in [0.717, 1.165) is 117 Å². The van der Waals surface area contributed by atoms with Crippen LogP contribution in [0.4, 0.5) is 5.69 Å². The number of hydrogen-bond acceptors (Lipinski definition) is 5. The summed E-state index contributed by atoms with van der Waals surface area (Å²) in [7, 11) is 1.39. The monoisotopic (exact) mass is 813 g/mol. The largest absolute Gasteiger partial charge is 0.465 e. The maximum Gasteiger partial charge on any atom is 0.337 e. The Morgan fingerprint density at radius 3 is 1.21 bits per heavy atom. The van der Waals surface area contributed by atoms with Crippen LogP contribution in [0.25, 0.3) is 90.9 Å². The number of H-pyrrole nitrogens is 2. The van der Waals surface area contributed by atoms with Crippen molar-refractivity contribution in [3.8, 4) is 44.5 Å². The number of rotatable bonds is 6. The molecule has 0 unspecified atom stereocenters. The molecule has 3 aromatic heterocycles. The Bertz CT molecular complexity index is 3130. The van der Waals surface area contributed by atoms with Gasteiger partial charge in [-0.2, -0.15) is 0 Å². The molecule has 7 aromatic rings. The lowest BCUT2D eigenvalue weighted by Gasteiger charge is -2.13. The second kappa shape index (κ2) is 15.8. The van der Waals surface area contributed by atoms with Gasteiger partial charge in [-0.05, 0) is 159 Å². The molecular formula is C54H47N5O3. The summed E-state index contributed by atoms with van der Waals surface area (Å²) in [5, 5.41) is 2.91. The smallest absolute Gasteiger partial charge is 0.337 e. The Morgan fingerprint density at radius 1 is 0.484 bits per heavy atom. The Hall–Kier alpha value is -7.58. The zero-order valence-electron chi connectivity index (χ0n) is 36.2. The number of aromatic amines is 2. The minimum absolute atomic E-state index is 0.126.